The molecule has 2 aromatic carbocycles. The van der Waals surface area contributed by atoms with Crippen molar-refractivity contribution >= 4 is 36.7 Å². The van der Waals surface area contributed by atoms with Crippen molar-refractivity contribution in [2.45, 2.75) is 24.8 Å². The summed E-state index contributed by atoms with van der Waals surface area (Å²) < 4.78 is 31.4. The molecule has 4 rings (SSSR count). The van der Waals surface area contributed by atoms with Crippen molar-refractivity contribution in [2.75, 3.05) is 4.72 Å². The quantitative estimate of drug-likeness (QED) is 0.535. The Morgan fingerprint density at radius 2 is 1.74 bits per heavy atom. The molecule has 0 amide bonds. The third kappa shape index (κ3) is 3.45. The molecule has 0 spiro atoms. The summed E-state index contributed by atoms with van der Waals surface area (Å²) in [6.45, 7) is 3.91. The van der Waals surface area contributed by atoms with Crippen molar-refractivity contribution in [1.82, 2.24) is 14.8 Å². The number of benzene rings is 2. The molecule has 6 nitrogen and oxygen atoms in total. The van der Waals surface area contributed by atoms with Gasteiger partial charge in [0.1, 0.15) is 10.6 Å². The summed E-state index contributed by atoms with van der Waals surface area (Å²) in [5.74, 6) is 0. The lowest BCUT2D eigenvalue weighted by Gasteiger charge is -2.05. The predicted octanol–water partition coefficient (Wildman–Crippen LogP) is 4.54. The number of rotatable bonds is 5. The van der Waals surface area contributed by atoms with Crippen LogP contribution in [0.15, 0.2) is 65.7 Å². The van der Waals surface area contributed by atoms with Gasteiger partial charge in [0.2, 0.25) is 0 Å². The van der Waals surface area contributed by atoms with Crippen LogP contribution in [0.4, 0.5) is 5.13 Å². The molecule has 0 unspecified atom stereocenters. The van der Waals surface area contributed by atoms with Gasteiger partial charge in [-0.25, -0.2) is 13.4 Å². The van der Waals surface area contributed by atoms with Crippen LogP contribution in [0, 0.1) is 0 Å². The van der Waals surface area contributed by atoms with E-state index in [2.05, 4.69) is 14.8 Å². The Morgan fingerprint density at radius 3 is 2.44 bits per heavy atom. The second-order valence-corrected chi connectivity index (χ2v) is 9.06. The van der Waals surface area contributed by atoms with Crippen molar-refractivity contribution in [3.05, 3.63) is 60.8 Å². The molecule has 4 aromatic rings. The van der Waals surface area contributed by atoms with Crippen LogP contribution in [0.25, 0.3) is 21.5 Å². The number of hydrogen-bond donors (Lipinski definition) is 1. The highest BCUT2D eigenvalue weighted by Crippen LogP contribution is 2.31. The molecule has 0 bridgehead atoms. The minimum absolute atomic E-state index is 0.0406. The summed E-state index contributed by atoms with van der Waals surface area (Å²) in [4.78, 5) is 4.51. The Bertz CT molecular complexity index is 1160. The Kier molecular flexibility index (Phi) is 4.45. The highest BCUT2D eigenvalue weighted by molar-refractivity contribution is 7.93. The zero-order valence-electron chi connectivity index (χ0n) is 14.8. The molecular formula is C19H18N4O2S2. The Hall–Kier alpha value is -2.71. The second kappa shape index (κ2) is 6.79. The van der Waals surface area contributed by atoms with E-state index in [1.165, 1.54) is 11.3 Å². The van der Waals surface area contributed by atoms with E-state index in [1.54, 1.807) is 10.9 Å². The topological polar surface area (TPSA) is 76.9 Å². The Morgan fingerprint density at radius 1 is 1.04 bits per heavy atom. The number of thiazole rings is 1. The molecule has 0 atom stereocenters. The number of hydrogen-bond acceptors (Lipinski definition) is 5. The highest BCUT2D eigenvalue weighted by Gasteiger charge is 2.25. The molecule has 0 saturated carbocycles. The van der Waals surface area contributed by atoms with Gasteiger partial charge in [-0.05, 0) is 26.0 Å². The van der Waals surface area contributed by atoms with Crippen LogP contribution in [0.3, 0.4) is 0 Å². The maximum absolute atomic E-state index is 13.1. The molecule has 0 fully saturated rings. The average molecular weight is 399 g/mol. The van der Waals surface area contributed by atoms with E-state index in [0.29, 0.717) is 10.8 Å². The molecule has 8 heteroatoms. The summed E-state index contributed by atoms with van der Waals surface area (Å²) in [6.07, 6.45) is 1.57. The van der Waals surface area contributed by atoms with Gasteiger partial charge < -0.3 is 0 Å². The number of para-hydroxylation sites is 1. The van der Waals surface area contributed by atoms with Crippen molar-refractivity contribution in [3.8, 4) is 11.3 Å². The number of sulfonamides is 1. The molecule has 138 valence electrons. The third-order valence-corrected chi connectivity index (χ3v) is 6.50. The summed E-state index contributed by atoms with van der Waals surface area (Å²) >= 11 is 1.30. The number of aromatic nitrogens is 3. The lowest BCUT2D eigenvalue weighted by molar-refractivity contribution is 0.532. The smallest absolute Gasteiger partial charge is 0.267 e. The van der Waals surface area contributed by atoms with Crippen molar-refractivity contribution in [3.63, 3.8) is 0 Å². The first-order chi connectivity index (χ1) is 12.9. The molecule has 1 N–H and O–H groups in total. The van der Waals surface area contributed by atoms with Crippen LogP contribution in [-0.2, 0) is 10.0 Å². The molecule has 0 aliphatic rings. The van der Waals surface area contributed by atoms with E-state index in [-0.39, 0.29) is 10.9 Å². The monoisotopic (exact) mass is 398 g/mol. The van der Waals surface area contributed by atoms with E-state index in [0.717, 1.165) is 15.8 Å². The lowest BCUT2D eigenvalue weighted by atomic mass is 10.2. The molecule has 27 heavy (non-hydrogen) atoms. The van der Waals surface area contributed by atoms with Gasteiger partial charge in [-0.3, -0.25) is 9.40 Å². The van der Waals surface area contributed by atoms with Crippen molar-refractivity contribution in [1.29, 1.82) is 0 Å². The maximum atomic E-state index is 13.1. The first-order valence-electron chi connectivity index (χ1n) is 8.47. The number of nitrogens with zero attached hydrogens (tertiary/aromatic N) is 3. The average Bonchev–Trinajstić information content (AvgIpc) is 3.26. The fourth-order valence-electron chi connectivity index (χ4n) is 2.72. The zero-order valence-corrected chi connectivity index (χ0v) is 16.5. The number of fused-ring (bicyclic) bond motifs is 1. The minimum atomic E-state index is -3.84. The van der Waals surface area contributed by atoms with Gasteiger partial charge in [0.25, 0.3) is 10.0 Å². The highest BCUT2D eigenvalue weighted by atomic mass is 32.2. The lowest BCUT2D eigenvalue weighted by Crippen LogP contribution is -2.13. The van der Waals surface area contributed by atoms with E-state index >= 15 is 0 Å². The van der Waals surface area contributed by atoms with Crippen molar-refractivity contribution < 1.29 is 8.42 Å². The standard InChI is InChI=1S/C19H18N4O2S2/c1-13(2)23-12-17(18(21-23)14-8-4-3-5-9-14)27(24,25)22-19-20-15-10-6-7-11-16(15)26-19/h3-13H,1-2H3,(H,20,22). The van der Waals surface area contributed by atoms with Crippen molar-refractivity contribution in [2.24, 2.45) is 0 Å². The van der Waals surface area contributed by atoms with Gasteiger partial charge in [0, 0.05) is 17.8 Å². The van der Waals surface area contributed by atoms with Crippen LogP contribution in [0.5, 0.6) is 0 Å². The summed E-state index contributed by atoms with van der Waals surface area (Å²) in [5.41, 5.74) is 1.95. The predicted molar refractivity (Wildman–Crippen MR) is 108 cm³/mol. The first kappa shape index (κ1) is 17.7. The van der Waals surface area contributed by atoms with E-state index in [4.69, 9.17) is 0 Å². The van der Waals surface area contributed by atoms with E-state index in [9.17, 15) is 8.42 Å². The normalized spacial score (nSPS) is 12.0. The molecule has 0 aliphatic heterocycles. The largest absolute Gasteiger partial charge is 0.268 e. The summed E-state index contributed by atoms with van der Waals surface area (Å²) in [5, 5.41) is 4.85. The molecule has 0 aliphatic carbocycles. The van der Waals surface area contributed by atoms with Gasteiger partial charge in [-0.1, -0.05) is 53.8 Å². The summed E-state index contributed by atoms with van der Waals surface area (Å²) in [6, 6.07) is 16.9. The van der Waals surface area contributed by atoms with Crippen LogP contribution in [0.2, 0.25) is 0 Å². The Labute approximate surface area is 161 Å². The van der Waals surface area contributed by atoms with Gasteiger partial charge in [0.15, 0.2) is 5.13 Å². The van der Waals surface area contributed by atoms with Crippen LogP contribution < -0.4 is 4.72 Å². The maximum Gasteiger partial charge on any atom is 0.267 e. The fraction of sp³-hybridized carbons (Fsp3) is 0.158. The van der Waals surface area contributed by atoms with Crippen LogP contribution in [0.1, 0.15) is 19.9 Å². The minimum Gasteiger partial charge on any atom is -0.268 e. The van der Waals surface area contributed by atoms with Gasteiger partial charge in [0.05, 0.1) is 10.2 Å². The third-order valence-electron chi connectivity index (χ3n) is 4.08. The van der Waals surface area contributed by atoms with Gasteiger partial charge >= 0.3 is 0 Å². The molecular weight excluding hydrogens is 380 g/mol. The van der Waals surface area contributed by atoms with E-state index < -0.39 is 10.0 Å². The molecule has 2 aromatic heterocycles. The second-order valence-electron chi connectivity index (χ2n) is 6.37. The van der Waals surface area contributed by atoms with E-state index in [1.807, 2.05) is 68.4 Å². The fourth-order valence-corrected chi connectivity index (χ4v) is 4.98. The summed E-state index contributed by atoms with van der Waals surface area (Å²) in [7, 11) is -3.84. The van der Waals surface area contributed by atoms with Gasteiger partial charge in [-0.15, -0.1) is 0 Å². The molecule has 0 radical (unpaired) electrons. The Balaban J connectivity index is 1.78. The zero-order chi connectivity index (χ0) is 19.0. The number of nitrogens with one attached hydrogen (secondary N) is 1. The first-order valence-corrected chi connectivity index (χ1v) is 10.8. The van der Waals surface area contributed by atoms with Gasteiger partial charge in [-0.2, -0.15) is 5.10 Å². The molecule has 2 heterocycles. The van der Waals surface area contributed by atoms with Crippen LogP contribution in [-0.4, -0.2) is 23.2 Å². The number of anilines is 1. The molecule has 0 saturated heterocycles. The van der Waals surface area contributed by atoms with Crippen LogP contribution >= 0.6 is 11.3 Å². The SMILES string of the molecule is CC(C)n1cc(S(=O)(=O)Nc2nc3ccccc3s2)c(-c2ccccc2)n1.